The Morgan fingerprint density at radius 1 is 0.905 bits per heavy atom. The van der Waals surface area contributed by atoms with Crippen molar-refractivity contribution in [2.75, 3.05) is 9.80 Å². The van der Waals surface area contributed by atoms with Gasteiger partial charge in [-0.05, 0) is 36.5 Å². The molecule has 2 aromatic rings. The molecular formula is C14H10N4O2S. The van der Waals surface area contributed by atoms with Gasteiger partial charge in [0.05, 0.1) is 23.8 Å². The number of amides is 2. The average molecular weight is 298 g/mol. The second-order valence-corrected chi connectivity index (χ2v) is 4.71. The minimum Gasteiger partial charge on any atom is -0.273 e. The zero-order valence-corrected chi connectivity index (χ0v) is 11.7. The molecule has 1 saturated heterocycles. The molecule has 1 fully saturated rings. The Morgan fingerprint density at radius 2 is 1.38 bits per heavy atom. The van der Waals surface area contributed by atoms with Gasteiger partial charge in [0.25, 0.3) is 0 Å². The fourth-order valence-electron chi connectivity index (χ4n) is 2.08. The van der Waals surface area contributed by atoms with E-state index >= 15 is 0 Å². The van der Waals surface area contributed by atoms with Crippen molar-refractivity contribution in [1.29, 1.82) is 0 Å². The first kappa shape index (κ1) is 13.3. The van der Waals surface area contributed by atoms with Crippen LogP contribution in [0.15, 0.2) is 49.1 Å². The van der Waals surface area contributed by atoms with Crippen LogP contribution in [0.1, 0.15) is 6.42 Å². The molecule has 1 aliphatic heterocycles. The maximum Gasteiger partial charge on any atom is 0.242 e. The van der Waals surface area contributed by atoms with E-state index in [0.29, 0.717) is 11.4 Å². The van der Waals surface area contributed by atoms with Gasteiger partial charge in [0.1, 0.15) is 6.42 Å². The van der Waals surface area contributed by atoms with Gasteiger partial charge in [-0.1, -0.05) is 0 Å². The fraction of sp³-hybridized carbons (Fsp3) is 0.0714. The number of carbonyl (C=O) groups is 2. The summed E-state index contributed by atoms with van der Waals surface area (Å²) in [5, 5.41) is 0.109. The third-order valence-corrected chi connectivity index (χ3v) is 3.36. The van der Waals surface area contributed by atoms with E-state index < -0.39 is 0 Å². The van der Waals surface area contributed by atoms with Gasteiger partial charge in [0.2, 0.25) is 11.8 Å². The van der Waals surface area contributed by atoms with Crippen LogP contribution in [-0.4, -0.2) is 26.9 Å². The van der Waals surface area contributed by atoms with Crippen LogP contribution in [0.5, 0.6) is 0 Å². The molecule has 0 radical (unpaired) electrons. The Kier molecular flexibility index (Phi) is 3.41. The lowest BCUT2D eigenvalue weighted by Crippen LogP contribution is -2.55. The van der Waals surface area contributed by atoms with Crippen molar-refractivity contribution in [3.63, 3.8) is 0 Å². The Hall–Kier alpha value is -2.67. The van der Waals surface area contributed by atoms with E-state index in [0.717, 1.165) is 0 Å². The highest BCUT2D eigenvalue weighted by atomic mass is 32.1. The molecule has 0 aromatic carbocycles. The van der Waals surface area contributed by atoms with Gasteiger partial charge in [-0.3, -0.25) is 29.4 Å². The average Bonchev–Trinajstić information content (AvgIpc) is 2.49. The normalized spacial score (nSPS) is 15.5. The first-order chi connectivity index (χ1) is 10.2. The molecule has 0 atom stereocenters. The Bertz CT molecular complexity index is 646. The van der Waals surface area contributed by atoms with Gasteiger partial charge in [0, 0.05) is 12.4 Å². The van der Waals surface area contributed by atoms with Crippen LogP contribution in [0.2, 0.25) is 0 Å². The van der Waals surface area contributed by atoms with Crippen LogP contribution >= 0.6 is 12.2 Å². The lowest BCUT2D eigenvalue weighted by atomic mass is 10.2. The molecule has 6 nitrogen and oxygen atoms in total. The summed E-state index contributed by atoms with van der Waals surface area (Å²) >= 11 is 5.32. The van der Waals surface area contributed by atoms with E-state index in [1.54, 1.807) is 36.7 Å². The zero-order chi connectivity index (χ0) is 14.8. The lowest BCUT2D eigenvalue weighted by molar-refractivity contribution is -0.126. The monoisotopic (exact) mass is 298 g/mol. The number of hydrogen-bond acceptors (Lipinski definition) is 5. The number of thiocarbonyl (C=S) groups is 1. The molecule has 0 spiro atoms. The van der Waals surface area contributed by atoms with Crippen LogP contribution in [0.25, 0.3) is 0 Å². The van der Waals surface area contributed by atoms with Gasteiger partial charge in [-0.25, -0.2) is 0 Å². The van der Waals surface area contributed by atoms with Gasteiger partial charge >= 0.3 is 0 Å². The molecule has 21 heavy (non-hydrogen) atoms. The SMILES string of the molecule is O=C1CC(=O)N(c2cccnc2)C(=S)N1c1cccnc1. The van der Waals surface area contributed by atoms with Gasteiger partial charge < -0.3 is 0 Å². The van der Waals surface area contributed by atoms with Gasteiger partial charge in [-0.15, -0.1) is 0 Å². The maximum absolute atomic E-state index is 12.1. The third kappa shape index (κ3) is 2.38. The maximum atomic E-state index is 12.1. The van der Waals surface area contributed by atoms with E-state index in [9.17, 15) is 9.59 Å². The first-order valence-electron chi connectivity index (χ1n) is 6.18. The van der Waals surface area contributed by atoms with Crippen molar-refractivity contribution in [3.8, 4) is 0 Å². The van der Waals surface area contributed by atoms with Crippen molar-refractivity contribution in [3.05, 3.63) is 49.1 Å². The summed E-state index contributed by atoms with van der Waals surface area (Å²) in [5.41, 5.74) is 1.07. The summed E-state index contributed by atoms with van der Waals surface area (Å²) in [6.45, 7) is 0. The molecule has 2 aromatic heterocycles. The minimum atomic E-state index is -0.363. The topological polar surface area (TPSA) is 66.4 Å². The van der Waals surface area contributed by atoms with Gasteiger partial charge in [0.15, 0.2) is 5.11 Å². The third-order valence-electron chi connectivity index (χ3n) is 2.99. The van der Waals surface area contributed by atoms with Crippen molar-refractivity contribution in [2.24, 2.45) is 0 Å². The van der Waals surface area contributed by atoms with Crippen molar-refractivity contribution >= 4 is 40.5 Å². The molecule has 0 unspecified atom stereocenters. The number of rotatable bonds is 2. The quantitative estimate of drug-likeness (QED) is 0.621. The molecule has 104 valence electrons. The number of nitrogens with zero attached hydrogens (tertiary/aromatic N) is 4. The molecule has 7 heteroatoms. The smallest absolute Gasteiger partial charge is 0.242 e. The molecule has 3 rings (SSSR count). The Balaban J connectivity index is 2.02. The number of pyridine rings is 2. The summed E-state index contributed by atoms with van der Waals surface area (Å²) in [5.74, 6) is -0.726. The summed E-state index contributed by atoms with van der Waals surface area (Å²) in [4.78, 5) is 34.9. The van der Waals surface area contributed by atoms with Crippen LogP contribution in [-0.2, 0) is 9.59 Å². The number of hydrogen-bond donors (Lipinski definition) is 0. The van der Waals surface area contributed by atoms with E-state index in [1.165, 1.54) is 22.2 Å². The highest BCUT2D eigenvalue weighted by molar-refractivity contribution is 7.81. The second-order valence-electron chi connectivity index (χ2n) is 4.34. The molecule has 3 heterocycles. The Labute approximate surface area is 126 Å². The lowest BCUT2D eigenvalue weighted by Gasteiger charge is -2.34. The van der Waals surface area contributed by atoms with Crippen LogP contribution in [0.4, 0.5) is 11.4 Å². The van der Waals surface area contributed by atoms with E-state index in [4.69, 9.17) is 12.2 Å². The van der Waals surface area contributed by atoms with Crippen LogP contribution in [0.3, 0.4) is 0 Å². The van der Waals surface area contributed by atoms with Crippen LogP contribution < -0.4 is 9.80 Å². The second kappa shape index (κ2) is 5.37. The summed E-state index contributed by atoms with van der Waals surface area (Å²) in [6, 6.07) is 6.84. The van der Waals surface area contributed by atoms with E-state index in [2.05, 4.69) is 9.97 Å². The molecule has 0 bridgehead atoms. The predicted octanol–water partition coefficient (Wildman–Crippen LogP) is 1.53. The summed E-state index contributed by atoms with van der Waals surface area (Å²) in [7, 11) is 0. The standard InChI is InChI=1S/C14H10N4O2S/c19-12-7-13(20)18(11-4-2-6-16-9-11)14(21)17(12)10-3-1-5-15-8-10/h1-6,8-9H,7H2. The van der Waals surface area contributed by atoms with Crippen molar-refractivity contribution in [1.82, 2.24) is 9.97 Å². The molecule has 2 amide bonds. The fourth-order valence-corrected chi connectivity index (χ4v) is 2.50. The molecule has 0 saturated carbocycles. The number of anilines is 2. The first-order valence-corrected chi connectivity index (χ1v) is 6.59. The summed E-state index contributed by atoms with van der Waals surface area (Å²) < 4.78 is 0. The van der Waals surface area contributed by atoms with Crippen LogP contribution in [0, 0.1) is 0 Å². The van der Waals surface area contributed by atoms with Crippen molar-refractivity contribution in [2.45, 2.75) is 6.42 Å². The minimum absolute atomic E-state index is 0.109. The van der Waals surface area contributed by atoms with Gasteiger partial charge in [-0.2, -0.15) is 0 Å². The largest absolute Gasteiger partial charge is 0.273 e. The Morgan fingerprint density at radius 3 is 1.76 bits per heavy atom. The highest BCUT2D eigenvalue weighted by Gasteiger charge is 2.36. The number of aromatic nitrogens is 2. The number of carbonyl (C=O) groups excluding carboxylic acids is 2. The molecule has 0 aliphatic carbocycles. The van der Waals surface area contributed by atoms with E-state index in [-0.39, 0.29) is 23.3 Å². The molecular weight excluding hydrogens is 288 g/mol. The zero-order valence-electron chi connectivity index (χ0n) is 10.8. The molecule has 1 aliphatic rings. The highest BCUT2D eigenvalue weighted by Crippen LogP contribution is 2.25. The predicted molar refractivity (Wildman–Crippen MR) is 80.7 cm³/mol. The molecule has 0 N–H and O–H groups in total. The summed E-state index contributed by atoms with van der Waals surface area (Å²) in [6.07, 6.45) is 6.02. The van der Waals surface area contributed by atoms with Crippen molar-refractivity contribution < 1.29 is 9.59 Å². The van der Waals surface area contributed by atoms with E-state index in [1.807, 2.05) is 0 Å².